The number of aromatic nitrogens is 3. The minimum absolute atomic E-state index is 0.0146. The standard InChI is InChI=1S/C33H32F2N6O3/c1-3-22-24(34)7-6-19-12-21(42)13-23(25(19)22)28-27(35)29-26-30(41-15-18(2)36-14-20(41)16-43-31(26)37-28)39-32(38-29)44-17-33-8-4-10-40(33)11-5-9-33/h1,6-7,12-13,18,20,36,42H,4-5,8-11,14-17H2,2H3/t18?,20-/m0/s1. The third kappa shape index (κ3) is 4.15. The van der Waals surface area contributed by atoms with Gasteiger partial charge in [-0.1, -0.05) is 12.0 Å². The first-order valence-corrected chi connectivity index (χ1v) is 15.2. The molecule has 2 aromatic carbocycles. The maximum Gasteiger partial charge on any atom is 0.319 e. The first-order valence-electron chi connectivity index (χ1n) is 15.2. The molecule has 226 valence electrons. The van der Waals surface area contributed by atoms with Crippen LogP contribution < -0.4 is 19.7 Å². The Morgan fingerprint density at radius 3 is 2.77 bits per heavy atom. The molecule has 0 amide bonds. The van der Waals surface area contributed by atoms with Gasteiger partial charge in [0, 0.05) is 30.1 Å². The van der Waals surface area contributed by atoms with Crippen molar-refractivity contribution >= 4 is 27.5 Å². The van der Waals surface area contributed by atoms with Crippen LogP contribution in [0.3, 0.4) is 0 Å². The van der Waals surface area contributed by atoms with Gasteiger partial charge in [0.05, 0.1) is 17.1 Å². The van der Waals surface area contributed by atoms with Gasteiger partial charge in [0.2, 0.25) is 5.88 Å². The SMILES string of the molecule is C#Cc1c(F)ccc2cc(O)cc(-c3nc4c5c(nc(OCC67CCCN6CCC7)nc5c3F)N3CC(C)NC[C@H]3CO4)c12. The molecule has 2 N–H and O–H groups in total. The lowest BCUT2D eigenvalue weighted by Crippen LogP contribution is -2.57. The van der Waals surface area contributed by atoms with Crippen molar-refractivity contribution in [2.24, 2.45) is 0 Å². The second-order valence-corrected chi connectivity index (χ2v) is 12.4. The Hall–Kier alpha value is -4.27. The van der Waals surface area contributed by atoms with Gasteiger partial charge in [-0.05, 0) is 69.3 Å². The molecule has 0 spiro atoms. The van der Waals surface area contributed by atoms with E-state index in [-0.39, 0.29) is 69.6 Å². The second-order valence-electron chi connectivity index (χ2n) is 12.4. The first kappa shape index (κ1) is 27.3. The van der Waals surface area contributed by atoms with Crippen molar-refractivity contribution in [1.29, 1.82) is 0 Å². The molecule has 3 saturated heterocycles. The number of hydrogen-bond donors (Lipinski definition) is 2. The van der Waals surface area contributed by atoms with Crippen LogP contribution in [0.5, 0.6) is 17.6 Å². The van der Waals surface area contributed by atoms with E-state index >= 15 is 4.39 Å². The van der Waals surface area contributed by atoms with Gasteiger partial charge < -0.3 is 24.8 Å². The van der Waals surface area contributed by atoms with Crippen LogP contribution in [0.15, 0.2) is 24.3 Å². The van der Waals surface area contributed by atoms with E-state index in [0.29, 0.717) is 36.3 Å². The number of terminal acetylenes is 1. The van der Waals surface area contributed by atoms with Crippen molar-refractivity contribution in [2.45, 2.75) is 50.2 Å². The number of pyridine rings is 1. The minimum Gasteiger partial charge on any atom is -0.508 e. The van der Waals surface area contributed by atoms with Crippen molar-refractivity contribution in [3.8, 4) is 41.2 Å². The molecule has 8 rings (SSSR count). The highest BCUT2D eigenvalue weighted by atomic mass is 19.1. The van der Waals surface area contributed by atoms with E-state index in [1.165, 1.54) is 24.3 Å². The number of ether oxygens (including phenoxy) is 2. The molecule has 0 radical (unpaired) electrons. The van der Waals surface area contributed by atoms with E-state index < -0.39 is 11.6 Å². The number of phenols is 1. The Labute approximate surface area is 253 Å². The summed E-state index contributed by atoms with van der Waals surface area (Å²) in [6.07, 6.45) is 10.0. The molecule has 0 aliphatic carbocycles. The van der Waals surface area contributed by atoms with Crippen LogP contribution in [-0.4, -0.2) is 82.0 Å². The largest absolute Gasteiger partial charge is 0.508 e. The zero-order valence-corrected chi connectivity index (χ0v) is 24.4. The van der Waals surface area contributed by atoms with E-state index in [1.807, 2.05) is 0 Å². The van der Waals surface area contributed by atoms with Crippen molar-refractivity contribution in [1.82, 2.24) is 25.2 Å². The Morgan fingerprint density at radius 1 is 1.16 bits per heavy atom. The summed E-state index contributed by atoms with van der Waals surface area (Å²) < 4.78 is 44.4. The Kier molecular flexibility index (Phi) is 6.29. The van der Waals surface area contributed by atoms with Crippen LogP contribution in [-0.2, 0) is 0 Å². The fourth-order valence-corrected chi connectivity index (χ4v) is 7.61. The summed E-state index contributed by atoms with van der Waals surface area (Å²) in [5, 5.41) is 15.1. The second kappa shape index (κ2) is 10.1. The fourth-order valence-electron chi connectivity index (χ4n) is 7.61. The number of piperazine rings is 1. The fraction of sp³-hybridized carbons (Fsp3) is 0.424. The molecule has 0 saturated carbocycles. The molecule has 1 unspecified atom stereocenters. The number of hydrogen-bond acceptors (Lipinski definition) is 9. The van der Waals surface area contributed by atoms with Crippen LogP contribution in [0.1, 0.15) is 38.2 Å². The van der Waals surface area contributed by atoms with Gasteiger partial charge in [-0.2, -0.15) is 9.97 Å². The molecular formula is C33H32F2N6O3. The first-order chi connectivity index (χ1) is 21.3. The summed E-state index contributed by atoms with van der Waals surface area (Å²) in [6.45, 7) is 6.16. The van der Waals surface area contributed by atoms with Gasteiger partial charge in [-0.25, -0.2) is 13.8 Å². The summed E-state index contributed by atoms with van der Waals surface area (Å²) in [4.78, 5) is 18.8. The third-order valence-corrected chi connectivity index (χ3v) is 9.74. The summed E-state index contributed by atoms with van der Waals surface area (Å²) in [7, 11) is 0. The highest BCUT2D eigenvalue weighted by Gasteiger charge is 2.45. The van der Waals surface area contributed by atoms with E-state index in [1.54, 1.807) is 0 Å². The molecule has 4 aliphatic heterocycles. The molecule has 4 aromatic rings. The molecule has 6 heterocycles. The van der Waals surface area contributed by atoms with E-state index in [4.69, 9.17) is 20.9 Å². The Morgan fingerprint density at radius 2 is 1.98 bits per heavy atom. The molecule has 44 heavy (non-hydrogen) atoms. The van der Waals surface area contributed by atoms with Gasteiger partial charge in [0.1, 0.15) is 47.2 Å². The number of phenolic OH excluding ortho intramolecular Hbond substituents is 1. The molecule has 0 bridgehead atoms. The van der Waals surface area contributed by atoms with Crippen LogP contribution in [0.4, 0.5) is 14.6 Å². The molecule has 3 fully saturated rings. The van der Waals surface area contributed by atoms with E-state index in [0.717, 1.165) is 38.8 Å². The number of benzene rings is 2. The monoisotopic (exact) mass is 598 g/mol. The lowest BCUT2D eigenvalue weighted by atomic mass is 9.95. The van der Waals surface area contributed by atoms with Crippen LogP contribution in [0, 0.1) is 24.0 Å². The molecule has 2 aromatic heterocycles. The van der Waals surface area contributed by atoms with Crippen LogP contribution in [0.2, 0.25) is 0 Å². The Balaban J connectivity index is 1.34. The summed E-state index contributed by atoms with van der Waals surface area (Å²) in [5.41, 5.74) is -0.136. The summed E-state index contributed by atoms with van der Waals surface area (Å²) >= 11 is 0. The lowest BCUT2D eigenvalue weighted by molar-refractivity contribution is 0.108. The van der Waals surface area contributed by atoms with E-state index in [2.05, 4.69) is 37.9 Å². The van der Waals surface area contributed by atoms with Crippen molar-refractivity contribution < 1.29 is 23.4 Å². The van der Waals surface area contributed by atoms with Gasteiger partial charge in [0.25, 0.3) is 0 Å². The van der Waals surface area contributed by atoms with Gasteiger partial charge in [0.15, 0.2) is 5.82 Å². The number of rotatable bonds is 4. The number of nitrogens with zero attached hydrogens (tertiary/aromatic N) is 5. The normalized spacial score (nSPS) is 22.4. The smallest absolute Gasteiger partial charge is 0.319 e. The number of nitrogens with one attached hydrogen (secondary N) is 1. The summed E-state index contributed by atoms with van der Waals surface area (Å²) in [5.74, 6) is 1.53. The number of aromatic hydroxyl groups is 1. The van der Waals surface area contributed by atoms with Gasteiger partial charge >= 0.3 is 6.01 Å². The molecule has 2 atom stereocenters. The van der Waals surface area contributed by atoms with Crippen molar-refractivity contribution in [2.75, 3.05) is 44.3 Å². The third-order valence-electron chi connectivity index (χ3n) is 9.74. The van der Waals surface area contributed by atoms with Crippen molar-refractivity contribution in [3.63, 3.8) is 0 Å². The van der Waals surface area contributed by atoms with Gasteiger partial charge in [-0.15, -0.1) is 6.42 Å². The number of anilines is 1. The van der Waals surface area contributed by atoms with Gasteiger partial charge in [-0.3, -0.25) is 4.90 Å². The Bertz CT molecular complexity index is 1870. The lowest BCUT2D eigenvalue weighted by Gasteiger charge is -2.38. The zero-order valence-electron chi connectivity index (χ0n) is 24.4. The predicted octanol–water partition coefficient (Wildman–Crippen LogP) is 4.38. The molecule has 9 nitrogen and oxygen atoms in total. The highest BCUT2D eigenvalue weighted by molar-refractivity contribution is 6.04. The highest BCUT2D eigenvalue weighted by Crippen LogP contribution is 2.44. The van der Waals surface area contributed by atoms with Crippen LogP contribution >= 0.6 is 0 Å². The molecule has 11 heteroatoms. The molecule has 4 aliphatic rings. The van der Waals surface area contributed by atoms with E-state index in [9.17, 15) is 9.50 Å². The topological polar surface area (TPSA) is 95.9 Å². The number of halogens is 2. The molecular weight excluding hydrogens is 566 g/mol. The minimum atomic E-state index is -0.761. The summed E-state index contributed by atoms with van der Waals surface area (Å²) in [6, 6.07) is 5.69. The average molecular weight is 599 g/mol. The predicted molar refractivity (Wildman–Crippen MR) is 162 cm³/mol. The quantitative estimate of drug-likeness (QED) is 0.332. The number of fused-ring (bicyclic) bond motifs is 4. The zero-order chi connectivity index (χ0) is 30.2. The average Bonchev–Trinajstić information content (AvgIpc) is 3.56. The van der Waals surface area contributed by atoms with Crippen molar-refractivity contribution in [3.05, 3.63) is 41.5 Å². The maximum absolute atomic E-state index is 16.9. The van der Waals surface area contributed by atoms with Crippen LogP contribution in [0.25, 0.3) is 32.9 Å². The maximum atomic E-state index is 16.9.